The topological polar surface area (TPSA) is 78.9 Å². The molecule has 138 valence electrons. The fourth-order valence-corrected chi connectivity index (χ4v) is 3.51. The SMILES string of the molecule is Cc1cc(C#N)ccc1C(N)C1=C(Nc2cccc(CF)c2)CCCC1=O. The van der Waals surface area contributed by atoms with Crippen LogP contribution in [0.3, 0.4) is 0 Å². The number of ketones is 1. The maximum absolute atomic E-state index is 12.9. The smallest absolute Gasteiger partial charge is 0.162 e. The molecule has 1 unspecified atom stereocenters. The molecule has 1 aliphatic rings. The summed E-state index contributed by atoms with van der Waals surface area (Å²) in [4.78, 5) is 12.7. The number of Topliss-reactive ketones (excluding diaryl/α,β-unsaturated/α-hetero) is 1. The second kappa shape index (κ2) is 8.15. The van der Waals surface area contributed by atoms with E-state index in [1.165, 1.54) is 0 Å². The largest absolute Gasteiger partial charge is 0.358 e. The molecule has 0 fully saturated rings. The molecule has 0 amide bonds. The minimum absolute atomic E-state index is 0.0293. The number of alkyl halides is 1. The number of halogens is 1. The molecule has 0 saturated carbocycles. The molecule has 5 heteroatoms. The molecule has 2 aromatic carbocycles. The summed E-state index contributed by atoms with van der Waals surface area (Å²) in [5.41, 5.74) is 11.5. The Morgan fingerprint density at radius 2 is 2.07 bits per heavy atom. The summed E-state index contributed by atoms with van der Waals surface area (Å²) in [6.45, 7) is 1.35. The summed E-state index contributed by atoms with van der Waals surface area (Å²) in [5, 5.41) is 12.3. The Morgan fingerprint density at radius 1 is 1.26 bits per heavy atom. The van der Waals surface area contributed by atoms with Crippen LogP contribution in [0.4, 0.5) is 10.1 Å². The monoisotopic (exact) mass is 363 g/mol. The number of hydrogen-bond donors (Lipinski definition) is 2. The standard InChI is InChI=1S/C22H22FN3O/c1-14-10-16(13-24)8-9-18(14)22(25)21-19(6-3-7-20(21)27)26-17-5-2-4-15(11-17)12-23/h2,4-5,8-11,22,26H,3,6-7,12,25H2,1H3. The minimum atomic E-state index is -0.572. The number of carbonyl (C=O) groups excluding carboxylic acids is 1. The van der Waals surface area contributed by atoms with Gasteiger partial charge in [0.05, 0.1) is 17.7 Å². The predicted octanol–water partition coefficient (Wildman–Crippen LogP) is 4.46. The van der Waals surface area contributed by atoms with Gasteiger partial charge in [-0.25, -0.2) is 4.39 Å². The van der Waals surface area contributed by atoms with Crippen molar-refractivity contribution in [3.05, 3.63) is 76.0 Å². The van der Waals surface area contributed by atoms with Crippen molar-refractivity contribution in [2.45, 2.75) is 38.9 Å². The van der Waals surface area contributed by atoms with Crippen LogP contribution in [0.5, 0.6) is 0 Å². The lowest BCUT2D eigenvalue weighted by molar-refractivity contribution is -0.116. The maximum Gasteiger partial charge on any atom is 0.162 e. The van der Waals surface area contributed by atoms with E-state index in [2.05, 4.69) is 11.4 Å². The lowest BCUT2D eigenvalue weighted by Gasteiger charge is -2.26. The van der Waals surface area contributed by atoms with E-state index in [9.17, 15) is 9.18 Å². The van der Waals surface area contributed by atoms with Gasteiger partial charge in [-0.1, -0.05) is 18.2 Å². The fourth-order valence-electron chi connectivity index (χ4n) is 3.51. The van der Waals surface area contributed by atoms with Crippen LogP contribution >= 0.6 is 0 Å². The van der Waals surface area contributed by atoms with Gasteiger partial charge in [0.15, 0.2) is 5.78 Å². The third-order valence-electron chi connectivity index (χ3n) is 4.88. The molecular formula is C22H22FN3O. The van der Waals surface area contributed by atoms with Gasteiger partial charge in [0.2, 0.25) is 0 Å². The molecule has 2 aromatic rings. The van der Waals surface area contributed by atoms with Crippen molar-refractivity contribution < 1.29 is 9.18 Å². The Hall–Kier alpha value is -2.97. The number of hydrogen-bond acceptors (Lipinski definition) is 4. The number of nitrogens with one attached hydrogen (secondary N) is 1. The van der Waals surface area contributed by atoms with Crippen molar-refractivity contribution in [1.29, 1.82) is 5.26 Å². The Morgan fingerprint density at radius 3 is 2.78 bits per heavy atom. The van der Waals surface area contributed by atoms with Crippen molar-refractivity contribution in [3.63, 3.8) is 0 Å². The van der Waals surface area contributed by atoms with Gasteiger partial charge in [-0.15, -0.1) is 0 Å². The number of carbonyl (C=O) groups is 1. The molecule has 3 N–H and O–H groups in total. The summed E-state index contributed by atoms with van der Waals surface area (Å²) >= 11 is 0. The van der Waals surface area contributed by atoms with Crippen molar-refractivity contribution >= 4 is 11.5 Å². The van der Waals surface area contributed by atoms with Crippen molar-refractivity contribution in [2.75, 3.05) is 5.32 Å². The number of nitriles is 1. The first-order chi connectivity index (χ1) is 13.0. The first-order valence-electron chi connectivity index (χ1n) is 8.98. The fraction of sp³-hybridized carbons (Fsp3) is 0.273. The summed E-state index contributed by atoms with van der Waals surface area (Å²) in [6.07, 6.45) is 1.94. The normalized spacial score (nSPS) is 15.4. The van der Waals surface area contributed by atoms with Crippen LogP contribution in [0.1, 0.15) is 47.6 Å². The Bertz CT molecular complexity index is 943. The summed E-state index contributed by atoms with van der Waals surface area (Å²) < 4.78 is 12.9. The van der Waals surface area contributed by atoms with E-state index in [0.29, 0.717) is 29.5 Å². The van der Waals surface area contributed by atoms with Gasteiger partial charge in [0.25, 0.3) is 0 Å². The van der Waals surface area contributed by atoms with Crippen LogP contribution in [0.15, 0.2) is 53.7 Å². The van der Waals surface area contributed by atoms with E-state index < -0.39 is 12.7 Å². The highest BCUT2D eigenvalue weighted by molar-refractivity contribution is 5.98. The zero-order chi connectivity index (χ0) is 19.4. The molecular weight excluding hydrogens is 341 g/mol. The van der Waals surface area contributed by atoms with Crippen LogP contribution < -0.4 is 11.1 Å². The second-order valence-electron chi connectivity index (χ2n) is 6.79. The third-order valence-corrected chi connectivity index (χ3v) is 4.88. The van der Waals surface area contributed by atoms with E-state index in [-0.39, 0.29) is 5.78 Å². The first-order valence-corrected chi connectivity index (χ1v) is 8.98. The summed E-state index contributed by atoms with van der Waals surface area (Å²) in [7, 11) is 0. The molecule has 4 nitrogen and oxygen atoms in total. The molecule has 1 aliphatic carbocycles. The van der Waals surface area contributed by atoms with Gasteiger partial charge in [-0.2, -0.15) is 5.26 Å². The molecule has 0 radical (unpaired) electrons. The second-order valence-corrected chi connectivity index (χ2v) is 6.79. The molecule has 0 saturated heterocycles. The molecule has 0 aromatic heterocycles. The number of aryl methyl sites for hydroxylation is 1. The zero-order valence-corrected chi connectivity index (χ0v) is 15.3. The molecule has 0 heterocycles. The van der Waals surface area contributed by atoms with Gasteiger partial charge < -0.3 is 11.1 Å². The molecule has 0 bridgehead atoms. The van der Waals surface area contributed by atoms with Crippen LogP contribution in [0, 0.1) is 18.3 Å². The highest BCUT2D eigenvalue weighted by atomic mass is 19.1. The summed E-state index contributed by atoms with van der Waals surface area (Å²) in [6, 6.07) is 13.9. The highest BCUT2D eigenvalue weighted by Gasteiger charge is 2.27. The van der Waals surface area contributed by atoms with Crippen molar-refractivity contribution in [1.82, 2.24) is 0 Å². The Kier molecular flexibility index (Phi) is 5.68. The third kappa shape index (κ3) is 4.07. The number of nitrogens with zero attached hydrogens (tertiary/aromatic N) is 1. The number of benzene rings is 2. The molecule has 3 rings (SSSR count). The molecule has 0 aliphatic heterocycles. The number of rotatable bonds is 5. The van der Waals surface area contributed by atoms with Gasteiger partial charge in [-0.3, -0.25) is 4.79 Å². The van der Waals surface area contributed by atoms with Gasteiger partial charge in [0, 0.05) is 23.4 Å². The lowest BCUT2D eigenvalue weighted by Crippen LogP contribution is -2.26. The summed E-state index contributed by atoms with van der Waals surface area (Å²) in [5.74, 6) is 0.0293. The Balaban J connectivity index is 1.99. The highest BCUT2D eigenvalue weighted by Crippen LogP contribution is 2.33. The molecule has 27 heavy (non-hydrogen) atoms. The average molecular weight is 363 g/mol. The van der Waals surface area contributed by atoms with Crippen molar-refractivity contribution in [3.8, 4) is 6.07 Å². The number of nitrogens with two attached hydrogens (primary N) is 1. The first kappa shape index (κ1) is 18.8. The Labute approximate surface area is 158 Å². The van der Waals surface area contributed by atoms with Crippen LogP contribution in [-0.2, 0) is 11.5 Å². The number of allylic oxidation sites excluding steroid dienone is 1. The predicted molar refractivity (Wildman–Crippen MR) is 104 cm³/mol. The molecule has 0 spiro atoms. The van der Waals surface area contributed by atoms with E-state index >= 15 is 0 Å². The minimum Gasteiger partial charge on any atom is -0.358 e. The zero-order valence-electron chi connectivity index (χ0n) is 15.3. The van der Waals surface area contributed by atoms with Crippen LogP contribution in [-0.4, -0.2) is 5.78 Å². The van der Waals surface area contributed by atoms with E-state index in [1.54, 1.807) is 30.3 Å². The quantitative estimate of drug-likeness (QED) is 0.822. The van der Waals surface area contributed by atoms with Gasteiger partial charge in [-0.05, 0) is 60.7 Å². The van der Waals surface area contributed by atoms with Crippen molar-refractivity contribution in [2.24, 2.45) is 5.73 Å². The van der Waals surface area contributed by atoms with E-state index in [0.717, 1.165) is 28.9 Å². The van der Waals surface area contributed by atoms with E-state index in [1.807, 2.05) is 19.1 Å². The molecule has 1 atom stereocenters. The van der Waals surface area contributed by atoms with Crippen LogP contribution in [0.25, 0.3) is 0 Å². The van der Waals surface area contributed by atoms with Crippen LogP contribution in [0.2, 0.25) is 0 Å². The van der Waals surface area contributed by atoms with Gasteiger partial charge in [0.1, 0.15) is 6.67 Å². The average Bonchev–Trinajstić information content (AvgIpc) is 2.67. The van der Waals surface area contributed by atoms with E-state index in [4.69, 9.17) is 11.0 Å². The lowest BCUT2D eigenvalue weighted by atomic mass is 9.85. The van der Waals surface area contributed by atoms with Gasteiger partial charge >= 0.3 is 0 Å². The maximum atomic E-state index is 12.9. The number of anilines is 1.